The zero-order valence-electron chi connectivity index (χ0n) is 20.2. The third-order valence-electron chi connectivity index (χ3n) is 6.16. The molecule has 0 radical (unpaired) electrons. The number of benzene rings is 3. The van der Waals surface area contributed by atoms with Gasteiger partial charge in [0, 0.05) is 12.1 Å². The lowest BCUT2D eigenvalue weighted by atomic mass is 9.94. The molecule has 3 aromatic rings. The first-order valence-corrected chi connectivity index (χ1v) is 11.6. The number of nitrogens with one attached hydrogen (secondary N) is 1. The Kier molecular flexibility index (Phi) is 7.54. The highest BCUT2D eigenvalue weighted by molar-refractivity contribution is 5.79. The van der Waals surface area contributed by atoms with Gasteiger partial charge in [0.25, 0.3) is 0 Å². The summed E-state index contributed by atoms with van der Waals surface area (Å²) >= 11 is 0. The summed E-state index contributed by atoms with van der Waals surface area (Å²) in [5.41, 5.74) is 1.79. The topological polar surface area (TPSA) is 67.8 Å². The second-order valence-corrected chi connectivity index (χ2v) is 8.66. The number of carbonyl (C=O) groups is 1. The van der Waals surface area contributed by atoms with Gasteiger partial charge in [0.1, 0.15) is 19.3 Å². The number of carboxylic acids is 1. The van der Waals surface area contributed by atoms with Crippen LogP contribution in [0.5, 0.6) is 11.5 Å². The molecule has 1 atom stereocenters. The van der Waals surface area contributed by atoms with Crippen LogP contribution in [0, 0.1) is 12.7 Å². The number of hydrogen-bond acceptors (Lipinski definition) is 4. The molecule has 0 unspecified atom stereocenters. The lowest BCUT2D eigenvalue weighted by Crippen LogP contribution is -2.33. The Hall–Kier alpha value is -3.85. The summed E-state index contributed by atoms with van der Waals surface area (Å²) in [5.74, 6) is -1.25. The summed E-state index contributed by atoms with van der Waals surface area (Å²) in [6.45, 7) is 3.88. The molecule has 0 fully saturated rings. The van der Waals surface area contributed by atoms with E-state index < -0.39 is 29.6 Å². The van der Waals surface area contributed by atoms with E-state index in [1.165, 1.54) is 25.1 Å². The molecule has 0 saturated carbocycles. The van der Waals surface area contributed by atoms with Crippen molar-refractivity contribution in [2.75, 3.05) is 13.2 Å². The van der Waals surface area contributed by atoms with Crippen LogP contribution in [-0.4, -0.2) is 30.3 Å². The minimum absolute atomic E-state index is 0.0431. The van der Waals surface area contributed by atoms with Crippen LogP contribution in [0.1, 0.15) is 34.7 Å². The Labute approximate surface area is 211 Å². The zero-order chi connectivity index (χ0) is 26.7. The second kappa shape index (κ2) is 10.6. The van der Waals surface area contributed by atoms with Crippen molar-refractivity contribution >= 4 is 18.1 Å². The molecule has 3 aromatic carbocycles. The Balaban J connectivity index is 1.68. The van der Waals surface area contributed by atoms with Crippen LogP contribution < -0.4 is 14.8 Å². The van der Waals surface area contributed by atoms with Crippen LogP contribution in [-0.2, 0) is 17.5 Å². The average Bonchev–Trinajstić information content (AvgIpc) is 2.86. The number of fused-ring (bicyclic) bond motifs is 1. The van der Waals surface area contributed by atoms with Gasteiger partial charge >= 0.3 is 12.1 Å². The number of hydrogen-bond donors (Lipinski definition) is 2. The molecular formula is C28H25F4NO4. The summed E-state index contributed by atoms with van der Waals surface area (Å²) in [5, 5.41) is 11.8. The van der Waals surface area contributed by atoms with Gasteiger partial charge in [-0.05, 0) is 65.9 Å². The van der Waals surface area contributed by atoms with Crippen molar-refractivity contribution < 1.29 is 36.9 Å². The minimum Gasteiger partial charge on any atom is -0.486 e. The Morgan fingerprint density at radius 2 is 1.78 bits per heavy atom. The maximum Gasteiger partial charge on any atom is 0.416 e. The van der Waals surface area contributed by atoms with Crippen LogP contribution in [0.2, 0.25) is 0 Å². The molecule has 1 aliphatic rings. The fraction of sp³-hybridized carbons (Fsp3) is 0.250. The van der Waals surface area contributed by atoms with E-state index >= 15 is 4.39 Å². The summed E-state index contributed by atoms with van der Waals surface area (Å²) in [6.07, 6.45) is -1.67. The van der Waals surface area contributed by atoms with E-state index in [2.05, 4.69) is 5.32 Å². The van der Waals surface area contributed by atoms with Gasteiger partial charge in [-0.25, -0.2) is 4.39 Å². The lowest BCUT2D eigenvalue weighted by Gasteiger charge is -2.20. The van der Waals surface area contributed by atoms with Gasteiger partial charge in [0.05, 0.1) is 5.56 Å². The van der Waals surface area contributed by atoms with Gasteiger partial charge < -0.3 is 19.9 Å². The Morgan fingerprint density at radius 1 is 1.05 bits per heavy atom. The fourth-order valence-corrected chi connectivity index (χ4v) is 4.07. The minimum atomic E-state index is -4.58. The van der Waals surface area contributed by atoms with Crippen molar-refractivity contribution in [1.82, 2.24) is 5.32 Å². The van der Waals surface area contributed by atoms with Crippen molar-refractivity contribution in [3.8, 4) is 22.6 Å². The van der Waals surface area contributed by atoms with Gasteiger partial charge in [-0.3, -0.25) is 4.79 Å². The van der Waals surface area contributed by atoms with Crippen molar-refractivity contribution in [2.24, 2.45) is 0 Å². The molecule has 0 amide bonds. The number of ether oxygens (including phenoxy) is 2. The first kappa shape index (κ1) is 26.2. The van der Waals surface area contributed by atoms with E-state index in [1.807, 2.05) is 0 Å². The van der Waals surface area contributed by atoms with Gasteiger partial charge in [0.2, 0.25) is 0 Å². The van der Waals surface area contributed by atoms with Gasteiger partial charge in [-0.2, -0.15) is 13.2 Å². The number of rotatable bonds is 7. The van der Waals surface area contributed by atoms with E-state index in [-0.39, 0.29) is 24.5 Å². The molecular weight excluding hydrogens is 490 g/mol. The summed E-state index contributed by atoms with van der Waals surface area (Å²) in [7, 11) is 0. The van der Waals surface area contributed by atoms with Crippen molar-refractivity contribution in [3.63, 3.8) is 0 Å². The largest absolute Gasteiger partial charge is 0.486 e. The lowest BCUT2D eigenvalue weighted by molar-refractivity contribution is -0.139. The standard InChI is InChI=1S/C28H25F4NO4/c1-16-19(4-3-5-21(16)22-9-11-24-26(25(22)29)37-13-12-36-24)7-8-20-14-18(15-33-17(2)27(34)35)6-10-23(20)28(30,31)32/h3-11,14,17,33H,12-13,15H2,1-2H3,(H,34,35)/b8-7+/t17-/m0/s1. The maximum atomic E-state index is 15.2. The van der Waals surface area contributed by atoms with Crippen LogP contribution >= 0.6 is 0 Å². The molecule has 0 bridgehead atoms. The van der Waals surface area contributed by atoms with E-state index in [1.54, 1.807) is 43.3 Å². The molecule has 1 aliphatic heterocycles. The Bertz CT molecular complexity index is 1350. The van der Waals surface area contributed by atoms with Gasteiger partial charge in [-0.1, -0.05) is 36.4 Å². The molecule has 9 heteroatoms. The van der Waals surface area contributed by atoms with E-state index in [4.69, 9.17) is 14.6 Å². The van der Waals surface area contributed by atoms with Gasteiger partial charge in [0.15, 0.2) is 17.3 Å². The van der Waals surface area contributed by atoms with Crippen LogP contribution in [0.3, 0.4) is 0 Å². The number of aliphatic carboxylic acids is 1. The average molecular weight is 516 g/mol. The van der Waals surface area contributed by atoms with Crippen LogP contribution in [0.25, 0.3) is 23.3 Å². The summed E-state index contributed by atoms with van der Waals surface area (Å²) in [4.78, 5) is 11.0. The van der Waals surface area contributed by atoms with Crippen molar-refractivity contribution in [1.29, 1.82) is 0 Å². The fourth-order valence-electron chi connectivity index (χ4n) is 4.07. The molecule has 0 aliphatic carbocycles. The smallest absolute Gasteiger partial charge is 0.416 e. The number of carboxylic acid groups (broad SMARTS) is 1. The Morgan fingerprint density at radius 3 is 2.51 bits per heavy atom. The molecule has 194 valence electrons. The predicted molar refractivity (Wildman–Crippen MR) is 132 cm³/mol. The van der Waals surface area contributed by atoms with Gasteiger partial charge in [-0.15, -0.1) is 0 Å². The number of alkyl halides is 3. The molecule has 0 saturated heterocycles. The van der Waals surface area contributed by atoms with Crippen LogP contribution in [0.15, 0.2) is 48.5 Å². The SMILES string of the molecule is Cc1c(/C=C/c2cc(CN[C@@H](C)C(=O)O)ccc2C(F)(F)F)cccc1-c1ccc2c(c1F)OCCO2. The van der Waals surface area contributed by atoms with E-state index in [9.17, 15) is 18.0 Å². The van der Waals surface area contributed by atoms with Crippen LogP contribution in [0.4, 0.5) is 17.6 Å². The highest BCUT2D eigenvalue weighted by Gasteiger charge is 2.32. The molecule has 1 heterocycles. The highest BCUT2D eigenvalue weighted by atomic mass is 19.4. The molecule has 37 heavy (non-hydrogen) atoms. The first-order valence-electron chi connectivity index (χ1n) is 11.6. The van der Waals surface area contributed by atoms with E-state index in [0.29, 0.717) is 40.2 Å². The third-order valence-corrected chi connectivity index (χ3v) is 6.16. The highest BCUT2D eigenvalue weighted by Crippen LogP contribution is 2.40. The molecule has 4 rings (SSSR count). The normalized spacial score (nSPS) is 14.1. The summed E-state index contributed by atoms with van der Waals surface area (Å²) < 4.78 is 67.1. The second-order valence-electron chi connectivity index (χ2n) is 8.66. The third kappa shape index (κ3) is 5.77. The quantitative estimate of drug-likeness (QED) is 0.285. The van der Waals surface area contributed by atoms with E-state index in [0.717, 1.165) is 6.07 Å². The predicted octanol–water partition coefficient (Wildman–Crippen LogP) is 6.32. The molecule has 5 nitrogen and oxygen atoms in total. The molecule has 2 N–H and O–H groups in total. The van der Waals surface area contributed by atoms with Crippen molar-refractivity contribution in [3.05, 3.63) is 82.2 Å². The zero-order valence-corrected chi connectivity index (χ0v) is 20.2. The monoisotopic (exact) mass is 515 g/mol. The maximum absolute atomic E-state index is 15.2. The summed E-state index contributed by atoms with van der Waals surface area (Å²) in [6, 6.07) is 11.2. The first-order chi connectivity index (χ1) is 17.6. The number of halogens is 4. The molecule has 0 aromatic heterocycles. The van der Waals surface area contributed by atoms with Crippen molar-refractivity contribution in [2.45, 2.75) is 32.6 Å². The molecule has 0 spiro atoms.